The van der Waals surface area contributed by atoms with Gasteiger partial charge in [-0.2, -0.15) is 0 Å². The highest BCUT2D eigenvalue weighted by Gasteiger charge is 2.22. The lowest BCUT2D eigenvalue weighted by Crippen LogP contribution is -2.30. The van der Waals surface area contributed by atoms with Gasteiger partial charge in [0.15, 0.2) is 0 Å². The minimum Gasteiger partial charge on any atom is -0.268 e. The third-order valence-corrected chi connectivity index (χ3v) is 6.48. The summed E-state index contributed by atoms with van der Waals surface area (Å²) in [7, 11) is -4.16. The fourth-order valence-electron chi connectivity index (χ4n) is 3.32. The number of aromatic nitrogens is 1. The van der Waals surface area contributed by atoms with Crippen LogP contribution < -0.4 is 4.72 Å². The average molecular weight is 451 g/mol. The summed E-state index contributed by atoms with van der Waals surface area (Å²) in [6.07, 6.45) is 3.20. The molecule has 3 aromatic carbocycles. The number of halogens is 1. The third kappa shape index (κ3) is 4.93. The number of carbonyl (C=O) groups is 1. The Morgan fingerprint density at radius 2 is 1.55 bits per heavy atom. The number of benzene rings is 3. The number of fused-ring (bicyclic) bond motifs is 1. The zero-order valence-corrected chi connectivity index (χ0v) is 18.0. The van der Waals surface area contributed by atoms with Crippen molar-refractivity contribution in [3.05, 3.63) is 107 Å². The van der Waals surface area contributed by atoms with Crippen LogP contribution in [0.2, 0.25) is 5.02 Å². The molecule has 1 aromatic heterocycles. The first-order valence-corrected chi connectivity index (χ1v) is 11.5. The Bertz CT molecular complexity index is 1340. The summed E-state index contributed by atoms with van der Waals surface area (Å²) in [4.78, 5) is 16.6. The summed E-state index contributed by atoms with van der Waals surface area (Å²) in [5, 5.41) is 0.821. The minimum atomic E-state index is -4.16. The number of nitrogens with one attached hydrogen (secondary N) is 1. The van der Waals surface area contributed by atoms with E-state index in [2.05, 4.69) is 21.8 Å². The highest BCUT2D eigenvalue weighted by Crippen LogP contribution is 2.26. The van der Waals surface area contributed by atoms with Gasteiger partial charge < -0.3 is 0 Å². The van der Waals surface area contributed by atoms with Gasteiger partial charge in [0.2, 0.25) is 0 Å². The van der Waals surface area contributed by atoms with E-state index in [9.17, 15) is 13.2 Å². The molecule has 0 aliphatic carbocycles. The predicted octanol–water partition coefficient (Wildman–Crippen LogP) is 4.79. The quantitative estimate of drug-likeness (QED) is 0.458. The molecule has 0 fully saturated rings. The summed E-state index contributed by atoms with van der Waals surface area (Å²) >= 11 is 6.07. The maximum absolute atomic E-state index is 12.9. The van der Waals surface area contributed by atoms with Gasteiger partial charge in [-0.3, -0.25) is 9.78 Å². The lowest BCUT2D eigenvalue weighted by atomic mass is 10.0. The fourth-order valence-corrected chi connectivity index (χ4v) is 4.79. The number of hydrogen-bond acceptors (Lipinski definition) is 4. The Kier molecular flexibility index (Phi) is 6.02. The van der Waals surface area contributed by atoms with Crippen LogP contribution >= 0.6 is 11.6 Å². The molecule has 156 valence electrons. The Morgan fingerprint density at radius 1 is 0.871 bits per heavy atom. The molecule has 0 atom stereocenters. The third-order valence-electron chi connectivity index (χ3n) is 4.91. The van der Waals surface area contributed by atoms with Crippen molar-refractivity contribution in [2.45, 2.75) is 17.7 Å². The second-order valence-electron chi connectivity index (χ2n) is 7.10. The first-order valence-electron chi connectivity index (χ1n) is 9.67. The van der Waals surface area contributed by atoms with Crippen molar-refractivity contribution in [2.75, 3.05) is 0 Å². The van der Waals surface area contributed by atoms with Gasteiger partial charge >= 0.3 is 0 Å². The van der Waals surface area contributed by atoms with Gasteiger partial charge in [-0.25, -0.2) is 13.1 Å². The molecule has 0 aliphatic rings. The van der Waals surface area contributed by atoms with Gasteiger partial charge in [0.25, 0.3) is 15.9 Å². The van der Waals surface area contributed by atoms with E-state index in [1.54, 1.807) is 30.3 Å². The molecule has 0 saturated heterocycles. The van der Waals surface area contributed by atoms with E-state index in [0.29, 0.717) is 5.39 Å². The molecule has 1 amide bonds. The second-order valence-corrected chi connectivity index (χ2v) is 9.18. The van der Waals surface area contributed by atoms with Crippen molar-refractivity contribution in [2.24, 2.45) is 0 Å². The van der Waals surface area contributed by atoms with Crippen molar-refractivity contribution >= 4 is 38.4 Å². The Hall–Kier alpha value is -3.22. The van der Waals surface area contributed by atoms with E-state index in [0.717, 1.165) is 18.4 Å². The molecule has 0 bridgehead atoms. The minimum absolute atomic E-state index is 0.136. The van der Waals surface area contributed by atoms with Crippen molar-refractivity contribution in [1.29, 1.82) is 0 Å². The Morgan fingerprint density at radius 3 is 2.26 bits per heavy atom. The summed E-state index contributed by atoms with van der Waals surface area (Å²) in [5.74, 6) is -0.710. The predicted molar refractivity (Wildman–Crippen MR) is 122 cm³/mol. The molecule has 0 radical (unpaired) electrons. The SMILES string of the molecule is O=C(NS(=O)(=O)c1cc(Cl)cc2cccnc12)c1ccc(CCc2ccccc2)cc1. The van der Waals surface area contributed by atoms with Crippen LogP contribution in [-0.2, 0) is 22.9 Å². The highest BCUT2D eigenvalue weighted by molar-refractivity contribution is 7.90. The van der Waals surface area contributed by atoms with Gasteiger partial charge in [-0.15, -0.1) is 0 Å². The number of pyridine rings is 1. The normalized spacial score (nSPS) is 11.4. The van der Waals surface area contributed by atoms with Crippen molar-refractivity contribution in [1.82, 2.24) is 9.71 Å². The lowest BCUT2D eigenvalue weighted by Gasteiger charge is -2.10. The van der Waals surface area contributed by atoms with Gasteiger partial charge in [-0.05, 0) is 54.3 Å². The Balaban J connectivity index is 1.50. The van der Waals surface area contributed by atoms with E-state index in [1.165, 1.54) is 17.8 Å². The van der Waals surface area contributed by atoms with Crippen LogP contribution in [0, 0.1) is 0 Å². The van der Waals surface area contributed by atoms with E-state index in [4.69, 9.17) is 11.6 Å². The summed E-state index contributed by atoms with van der Waals surface area (Å²) in [5.41, 5.74) is 2.81. The molecule has 4 aromatic rings. The molecule has 0 spiro atoms. The molecule has 0 unspecified atom stereocenters. The number of amides is 1. The van der Waals surface area contributed by atoms with Crippen LogP contribution in [0.25, 0.3) is 10.9 Å². The molecular weight excluding hydrogens is 432 g/mol. The van der Waals surface area contributed by atoms with Crippen LogP contribution in [0.5, 0.6) is 0 Å². The average Bonchev–Trinajstić information content (AvgIpc) is 2.78. The molecule has 7 heteroatoms. The second kappa shape index (κ2) is 8.88. The largest absolute Gasteiger partial charge is 0.268 e. The van der Waals surface area contributed by atoms with Gasteiger partial charge in [0.1, 0.15) is 4.90 Å². The summed E-state index contributed by atoms with van der Waals surface area (Å²) < 4.78 is 27.9. The topological polar surface area (TPSA) is 76.1 Å². The van der Waals surface area contributed by atoms with Gasteiger partial charge in [-0.1, -0.05) is 60.1 Å². The maximum Gasteiger partial charge on any atom is 0.266 e. The van der Waals surface area contributed by atoms with Gasteiger partial charge in [0.05, 0.1) is 5.52 Å². The number of hydrogen-bond donors (Lipinski definition) is 1. The van der Waals surface area contributed by atoms with E-state index in [-0.39, 0.29) is 21.0 Å². The standard InChI is InChI=1S/C24H19ClN2O3S/c25-21-15-20-7-4-14-26-23(20)22(16-21)31(29,30)27-24(28)19-12-10-18(11-13-19)9-8-17-5-2-1-3-6-17/h1-7,10-16H,8-9H2,(H,27,28). The van der Waals surface area contributed by atoms with Crippen LogP contribution in [0.4, 0.5) is 0 Å². The number of rotatable bonds is 6. The monoisotopic (exact) mass is 450 g/mol. The van der Waals surface area contributed by atoms with Crippen LogP contribution in [0.1, 0.15) is 21.5 Å². The van der Waals surface area contributed by atoms with E-state index in [1.807, 2.05) is 30.3 Å². The first-order chi connectivity index (χ1) is 14.9. The highest BCUT2D eigenvalue weighted by atomic mass is 35.5. The zero-order valence-electron chi connectivity index (χ0n) is 16.5. The fraction of sp³-hybridized carbons (Fsp3) is 0.0833. The number of carbonyl (C=O) groups excluding carboxylic acids is 1. The molecule has 5 nitrogen and oxygen atoms in total. The lowest BCUT2D eigenvalue weighted by molar-refractivity contribution is 0.0981. The van der Waals surface area contributed by atoms with Crippen molar-refractivity contribution < 1.29 is 13.2 Å². The number of sulfonamides is 1. The first kappa shape index (κ1) is 21.0. The number of aryl methyl sites for hydroxylation is 2. The van der Waals surface area contributed by atoms with Crippen LogP contribution in [-0.4, -0.2) is 19.3 Å². The molecular formula is C24H19ClN2O3S. The van der Waals surface area contributed by atoms with Gasteiger partial charge in [0, 0.05) is 22.2 Å². The number of nitrogens with zero attached hydrogens (tertiary/aromatic N) is 1. The van der Waals surface area contributed by atoms with E-state index < -0.39 is 15.9 Å². The molecule has 0 saturated carbocycles. The molecule has 4 rings (SSSR count). The van der Waals surface area contributed by atoms with Crippen molar-refractivity contribution in [3.63, 3.8) is 0 Å². The van der Waals surface area contributed by atoms with Crippen molar-refractivity contribution in [3.8, 4) is 0 Å². The molecule has 1 heterocycles. The van der Waals surface area contributed by atoms with Crippen LogP contribution in [0.3, 0.4) is 0 Å². The smallest absolute Gasteiger partial charge is 0.266 e. The Labute approximate surface area is 185 Å². The van der Waals surface area contributed by atoms with E-state index >= 15 is 0 Å². The molecule has 31 heavy (non-hydrogen) atoms. The summed E-state index contributed by atoms with van der Waals surface area (Å²) in [6.45, 7) is 0. The van der Waals surface area contributed by atoms with Crippen LogP contribution in [0.15, 0.2) is 90.0 Å². The summed E-state index contributed by atoms with van der Waals surface area (Å²) in [6, 6.07) is 23.4. The maximum atomic E-state index is 12.9. The zero-order chi connectivity index (χ0) is 21.8. The molecule has 0 aliphatic heterocycles. The molecule has 1 N–H and O–H groups in total.